The second-order valence-corrected chi connectivity index (χ2v) is 12.5. The van der Waals surface area contributed by atoms with Crippen LogP contribution in [0.25, 0.3) is 0 Å². The number of alkyl carbamates (subject to hydrolysis) is 1. The molecule has 0 fully saturated rings. The summed E-state index contributed by atoms with van der Waals surface area (Å²) in [6.45, 7) is 4.59. The molecule has 0 radical (unpaired) electrons. The zero-order chi connectivity index (χ0) is 33.1. The number of esters is 1. The highest BCUT2D eigenvalue weighted by atomic mass is 32.2. The number of alkyl halides is 1. The number of nitrogen functional groups attached to an aromatic ring is 1. The SMILES string of the molecule is CCOC(=O)[C@H](CC(F)CC(=O)[C@@H](NC(=O)OC)C(c1ccccc1)c1ccccc1)N(C(C)C)S(=O)(=O)c1ccc(N)cc1. The predicted octanol–water partition coefficient (Wildman–Crippen LogP) is 4.84. The summed E-state index contributed by atoms with van der Waals surface area (Å²) in [5, 5.41) is 2.57. The lowest BCUT2D eigenvalue weighted by Crippen LogP contribution is -2.51. The van der Waals surface area contributed by atoms with Gasteiger partial charge in [0.15, 0.2) is 5.78 Å². The molecule has 0 aromatic heterocycles. The number of nitrogens with zero attached hydrogens (tertiary/aromatic N) is 1. The van der Waals surface area contributed by atoms with E-state index in [1.54, 1.807) is 69.3 Å². The number of benzene rings is 3. The Kier molecular flexibility index (Phi) is 12.6. The van der Waals surface area contributed by atoms with E-state index in [2.05, 4.69) is 5.32 Å². The van der Waals surface area contributed by atoms with Crippen molar-refractivity contribution < 1.29 is 36.7 Å². The first kappa shape index (κ1) is 35.2. The van der Waals surface area contributed by atoms with Crippen molar-refractivity contribution in [3.63, 3.8) is 0 Å². The molecule has 3 atom stereocenters. The standard InChI is InChI=1S/C33H40FN3O7S/c1-5-44-32(39)28(37(22(2)3)45(41,42)27-18-16-26(35)17-19-27)20-25(34)21-29(38)31(36-33(40)43-4)30(23-12-8-6-9-13-23)24-14-10-7-11-15-24/h6-19,22,25,28,30-31H,5,20-21,35H2,1-4H3,(H,36,40)/t25?,28-,31+/m0/s1. The molecule has 3 aromatic carbocycles. The Balaban J connectivity index is 1.98. The maximum absolute atomic E-state index is 16.0. The second-order valence-electron chi connectivity index (χ2n) is 10.7. The van der Waals surface area contributed by atoms with E-state index >= 15 is 4.39 Å². The first-order valence-corrected chi connectivity index (χ1v) is 16.0. The normalized spacial score (nSPS) is 13.7. The van der Waals surface area contributed by atoms with Crippen molar-refractivity contribution in [2.75, 3.05) is 19.5 Å². The number of amides is 1. The number of hydrogen-bond donors (Lipinski definition) is 2. The number of anilines is 1. The molecule has 12 heteroatoms. The van der Waals surface area contributed by atoms with E-state index in [0.29, 0.717) is 16.8 Å². The van der Waals surface area contributed by atoms with E-state index in [4.69, 9.17) is 15.2 Å². The van der Waals surface area contributed by atoms with Crippen LogP contribution in [0.1, 0.15) is 50.7 Å². The van der Waals surface area contributed by atoms with Crippen molar-refractivity contribution in [1.82, 2.24) is 9.62 Å². The van der Waals surface area contributed by atoms with Crippen molar-refractivity contribution in [1.29, 1.82) is 0 Å². The highest BCUT2D eigenvalue weighted by Gasteiger charge is 2.41. The molecule has 0 spiro atoms. The number of nitrogens with one attached hydrogen (secondary N) is 1. The summed E-state index contributed by atoms with van der Waals surface area (Å²) in [5.41, 5.74) is 7.45. The maximum atomic E-state index is 16.0. The van der Waals surface area contributed by atoms with E-state index < -0.39 is 70.9 Å². The quantitative estimate of drug-likeness (QED) is 0.177. The minimum Gasteiger partial charge on any atom is -0.465 e. The van der Waals surface area contributed by atoms with E-state index in [1.807, 2.05) is 12.1 Å². The van der Waals surface area contributed by atoms with Gasteiger partial charge in [-0.05, 0) is 56.2 Å². The Labute approximate surface area is 263 Å². The summed E-state index contributed by atoms with van der Waals surface area (Å²) < 4.78 is 54.3. The van der Waals surface area contributed by atoms with Gasteiger partial charge < -0.3 is 20.5 Å². The number of nitrogens with two attached hydrogens (primary N) is 1. The zero-order valence-electron chi connectivity index (χ0n) is 25.8. The number of ether oxygens (including phenoxy) is 2. The van der Waals surface area contributed by atoms with Gasteiger partial charge in [-0.1, -0.05) is 60.7 Å². The largest absolute Gasteiger partial charge is 0.465 e. The van der Waals surface area contributed by atoms with Gasteiger partial charge in [0, 0.05) is 30.5 Å². The van der Waals surface area contributed by atoms with E-state index in [9.17, 15) is 22.8 Å². The second kappa shape index (κ2) is 16.1. The van der Waals surface area contributed by atoms with Crippen molar-refractivity contribution in [2.45, 2.75) is 68.7 Å². The lowest BCUT2D eigenvalue weighted by Gasteiger charge is -2.33. The van der Waals surface area contributed by atoms with Gasteiger partial charge in [-0.15, -0.1) is 0 Å². The molecule has 0 aliphatic heterocycles. The van der Waals surface area contributed by atoms with Gasteiger partial charge in [-0.3, -0.25) is 9.59 Å². The Hall–Kier alpha value is -4.29. The van der Waals surface area contributed by atoms with Crippen molar-refractivity contribution in [2.24, 2.45) is 0 Å². The highest BCUT2D eigenvalue weighted by molar-refractivity contribution is 7.89. The van der Waals surface area contributed by atoms with Crippen molar-refractivity contribution in [3.8, 4) is 0 Å². The van der Waals surface area contributed by atoms with Gasteiger partial charge in [-0.25, -0.2) is 17.6 Å². The fraction of sp³-hybridized carbons (Fsp3) is 0.364. The Bertz CT molecular complexity index is 1480. The zero-order valence-corrected chi connectivity index (χ0v) is 26.6. The van der Waals surface area contributed by atoms with Crippen LogP contribution in [0.4, 0.5) is 14.9 Å². The Morgan fingerprint density at radius 3 is 1.91 bits per heavy atom. The number of sulfonamides is 1. The topological polar surface area (TPSA) is 145 Å². The minimum absolute atomic E-state index is 0.0694. The predicted molar refractivity (Wildman–Crippen MR) is 169 cm³/mol. The third kappa shape index (κ3) is 9.11. The van der Waals surface area contributed by atoms with Crippen LogP contribution in [0.2, 0.25) is 0 Å². The van der Waals surface area contributed by atoms with Crippen LogP contribution in [0, 0.1) is 0 Å². The minimum atomic E-state index is -4.32. The van der Waals surface area contributed by atoms with Gasteiger partial charge in [0.25, 0.3) is 0 Å². The van der Waals surface area contributed by atoms with Crippen molar-refractivity contribution >= 4 is 33.6 Å². The van der Waals surface area contributed by atoms with Crippen LogP contribution in [0.5, 0.6) is 0 Å². The Morgan fingerprint density at radius 1 is 0.911 bits per heavy atom. The molecule has 1 unspecified atom stereocenters. The molecule has 0 saturated carbocycles. The Morgan fingerprint density at radius 2 is 1.44 bits per heavy atom. The number of methoxy groups -OCH3 is 1. The molecule has 0 bridgehead atoms. The molecule has 3 rings (SSSR count). The number of rotatable bonds is 15. The first-order valence-electron chi connectivity index (χ1n) is 14.6. The molecule has 0 aliphatic carbocycles. The molecule has 0 heterocycles. The molecule has 3 N–H and O–H groups in total. The van der Waals surface area contributed by atoms with E-state index in [0.717, 1.165) is 11.4 Å². The van der Waals surface area contributed by atoms with E-state index in [-0.39, 0.29) is 11.5 Å². The van der Waals surface area contributed by atoms with Gasteiger partial charge in [-0.2, -0.15) is 4.31 Å². The van der Waals surface area contributed by atoms with Crippen LogP contribution in [0.3, 0.4) is 0 Å². The number of Topliss-reactive ketones (excluding diaryl/α,β-unsaturated/α-hetero) is 1. The molecule has 10 nitrogen and oxygen atoms in total. The summed E-state index contributed by atoms with van der Waals surface area (Å²) >= 11 is 0. The number of carbonyl (C=O) groups excluding carboxylic acids is 3. The van der Waals surface area contributed by atoms with Gasteiger partial charge >= 0.3 is 12.1 Å². The summed E-state index contributed by atoms with van der Waals surface area (Å²) in [5.74, 6) is -2.33. The third-order valence-electron chi connectivity index (χ3n) is 7.19. The summed E-state index contributed by atoms with van der Waals surface area (Å²) in [4.78, 5) is 39.3. The molecule has 3 aromatic rings. The number of ketones is 1. The van der Waals surface area contributed by atoms with Crippen LogP contribution >= 0.6 is 0 Å². The highest BCUT2D eigenvalue weighted by Crippen LogP contribution is 2.31. The van der Waals surface area contributed by atoms with Crippen molar-refractivity contribution in [3.05, 3.63) is 96.1 Å². The number of hydrogen-bond acceptors (Lipinski definition) is 8. The summed E-state index contributed by atoms with van der Waals surface area (Å²) in [6.07, 6.45) is -4.26. The molecule has 0 saturated heterocycles. The molecular weight excluding hydrogens is 601 g/mol. The smallest absolute Gasteiger partial charge is 0.407 e. The monoisotopic (exact) mass is 641 g/mol. The molecular formula is C33H40FN3O7S. The van der Waals surface area contributed by atoms with E-state index in [1.165, 1.54) is 24.3 Å². The van der Waals surface area contributed by atoms with Gasteiger partial charge in [0.1, 0.15) is 18.3 Å². The molecule has 1 amide bonds. The molecule has 0 aliphatic rings. The summed E-state index contributed by atoms with van der Waals surface area (Å²) in [6, 6.07) is 19.7. The fourth-order valence-corrected chi connectivity index (χ4v) is 7.00. The summed E-state index contributed by atoms with van der Waals surface area (Å²) in [7, 11) is -3.17. The lowest BCUT2D eigenvalue weighted by molar-refractivity contribution is -0.149. The van der Waals surface area contributed by atoms with Gasteiger partial charge in [0.2, 0.25) is 10.0 Å². The van der Waals surface area contributed by atoms with Crippen LogP contribution in [-0.4, -0.2) is 68.6 Å². The maximum Gasteiger partial charge on any atom is 0.407 e. The number of carbonyl (C=O) groups is 3. The van der Waals surface area contributed by atoms with Crippen LogP contribution in [0.15, 0.2) is 89.8 Å². The van der Waals surface area contributed by atoms with Gasteiger partial charge in [0.05, 0.1) is 18.6 Å². The average Bonchev–Trinajstić information content (AvgIpc) is 3.01. The fourth-order valence-electron chi connectivity index (χ4n) is 5.21. The molecule has 45 heavy (non-hydrogen) atoms. The van der Waals surface area contributed by atoms with Crippen LogP contribution in [-0.2, 0) is 29.1 Å². The first-order chi connectivity index (χ1) is 21.4. The molecule has 242 valence electrons. The number of halogens is 1. The third-order valence-corrected chi connectivity index (χ3v) is 9.29. The van der Waals surface area contributed by atoms with Crippen LogP contribution < -0.4 is 11.1 Å². The lowest BCUT2D eigenvalue weighted by atomic mass is 9.82. The average molecular weight is 642 g/mol.